The minimum atomic E-state index is -0.397. The monoisotopic (exact) mass is 315 g/mol. The van der Waals surface area contributed by atoms with E-state index in [0.717, 1.165) is 19.3 Å². The highest BCUT2D eigenvalue weighted by Crippen LogP contribution is 2.22. The number of amides is 2. The number of fused-ring (bicyclic) bond motifs is 1. The van der Waals surface area contributed by atoms with Crippen LogP contribution in [0.4, 0.5) is 0 Å². The number of hydrogen-bond donors (Lipinski definition) is 3. The second-order valence-electron chi connectivity index (χ2n) is 6.51. The van der Waals surface area contributed by atoms with E-state index in [1.54, 1.807) is 0 Å². The summed E-state index contributed by atoms with van der Waals surface area (Å²) in [5, 5.41) is 9.36. The Kier molecular flexibility index (Phi) is 5.28. The molecule has 23 heavy (non-hydrogen) atoms. The molecule has 3 N–H and O–H groups in total. The zero-order valence-corrected chi connectivity index (χ0v) is 13.4. The average Bonchev–Trinajstić information content (AvgIpc) is 2.56. The molecule has 0 unspecified atom stereocenters. The van der Waals surface area contributed by atoms with Gasteiger partial charge < -0.3 is 16.0 Å². The Morgan fingerprint density at radius 3 is 2.65 bits per heavy atom. The Balaban J connectivity index is 1.43. The number of carbonyl (C=O) groups is 2. The van der Waals surface area contributed by atoms with Crippen LogP contribution in [0.1, 0.15) is 37.7 Å². The molecule has 0 aromatic heterocycles. The molecule has 0 radical (unpaired) electrons. The van der Waals surface area contributed by atoms with Crippen LogP contribution in [-0.2, 0) is 16.0 Å². The zero-order chi connectivity index (χ0) is 16.1. The van der Waals surface area contributed by atoms with Crippen molar-refractivity contribution in [1.29, 1.82) is 0 Å². The van der Waals surface area contributed by atoms with Crippen LogP contribution >= 0.6 is 0 Å². The fourth-order valence-corrected chi connectivity index (χ4v) is 3.52. The second kappa shape index (κ2) is 7.59. The van der Waals surface area contributed by atoms with Crippen LogP contribution < -0.4 is 16.0 Å². The highest BCUT2D eigenvalue weighted by molar-refractivity contribution is 5.89. The third kappa shape index (κ3) is 4.32. The average molecular weight is 315 g/mol. The standard InChI is InChI=1S/C18H25N3O2/c22-17(19-11-10-13-6-2-1-3-7-13)12-16-18(23)21-15-9-5-4-8-14(15)20-16/h1-3,6-7,14-16,20H,4-5,8-12H2,(H,19,22)(H,21,23)/t14-,15+,16+/m1/s1. The first-order chi connectivity index (χ1) is 11.2. The topological polar surface area (TPSA) is 70.2 Å². The number of piperazine rings is 1. The molecule has 1 aromatic carbocycles. The van der Waals surface area contributed by atoms with Gasteiger partial charge in [0.25, 0.3) is 0 Å². The van der Waals surface area contributed by atoms with Gasteiger partial charge in [-0.05, 0) is 24.8 Å². The molecule has 1 saturated heterocycles. The quantitative estimate of drug-likeness (QED) is 0.763. The lowest BCUT2D eigenvalue weighted by molar-refractivity contribution is -0.131. The van der Waals surface area contributed by atoms with E-state index in [9.17, 15) is 9.59 Å². The maximum Gasteiger partial charge on any atom is 0.237 e. The number of carbonyl (C=O) groups excluding carboxylic acids is 2. The van der Waals surface area contributed by atoms with Crippen LogP contribution in [-0.4, -0.2) is 36.5 Å². The summed E-state index contributed by atoms with van der Waals surface area (Å²) in [7, 11) is 0. The summed E-state index contributed by atoms with van der Waals surface area (Å²) < 4.78 is 0. The Labute approximate surface area is 137 Å². The number of rotatable bonds is 5. The molecule has 124 valence electrons. The van der Waals surface area contributed by atoms with Gasteiger partial charge in [0, 0.05) is 18.6 Å². The SMILES string of the molecule is O=C(C[C@@H]1N[C@@H]2CCCC[C@@H]2NC1=O)NCCc1ccccc1. The summed E-state index contributed by atoms with van der Waals surface area (Å²) >= 11 is 0. The fraction of sp³-hybridized carbons (Fsp3) is 0.556. The van der Waals surface area contributed by atoms with E-state index in [1.165, 1.54) is 18.4 Å². The van der Waals surface area contributed by atoms with Crippen molar-refractivity contribution in [3.05, 3.63) is 35.9 Å². The van der Waals surface area contributed by atoms with E-state index in [2.05, 4.69) is 16.0 Å². The molecule has 1 aliphatic heterocycles. The molecule has 2 amide bonds. The first-order valence-corrected chi connectivity index (χ1v) is 8.59. The highest BCUT2D eigenvalue weighted by atomic mass is 16.2. The van der Waals surface area contributed by atoms with Gasteiger partial charge in [0.1, 0.15) is 0 Å². The molecule has 2 aliphatic rings. The van der Waals surface area contributed by atoms with Crippen LogP contribution in [0.2, 0.25) is 0 Å². The van der Waals surface area contributed by atoms with Crippen molar-refractivity contribution in [2.45, 2.75) is 56.7 Å². The highest BCUT2D eigenvalue weighted by Gasteiger charge is 2.36. The van der Waals surface area contributed by atoms with E-state index in [1.807, 2.05) is 30.3 Å². The summed E-state index contributed by atoms with van der Waals surface area (Å²) in [6.45, 7) is 0.600. The van der Waals surface area contributed by atoms with E-state index in [4.69, 9.17) is 0 Å². The lowest BCUT2D eigenvalue weighted by Crippen LogP contribution is -2.65. The third-order valence-electron chi connectivity index (χ3n) is 4.79. The van der Waals surface area contributed by atoms with Crippen LogP contribution in [0.3, 0.4) is 0 Å². The lowest BCUT2D eigenvalue weighted by Gasteiger charge is -2.40. The predicted molar refractivity (Wildman–Crippen MR) is 88.9 cm³/mol. The Bertz CT molecular complexity index is 546. The predicted octanol–water partition coefficient (Wildman–Crippen LogP) is 1.13. The van der Waals surface area contributed by atoms with E-state index < -0.39 is 6.04 Å². The van der Waals surface area contributed by atoms with E-state index in [-0.39, 0.29) is 24.3 Å². The van der Waals surface area contributed by atoms with Gasteiger partial charge in [0.2, 0.25) is 11.8 Å². The summed E-state index contributed by atoms with van der Waals surface area (Å²) in [5.41, 5.74) is 1.20. The van der Waals surface area contributed by atoms with Gasteiger partial charge in [-0.15, -0.1) is 0 Å². The molecule has 3 atom stereocenters. The normalized spacial score (nSPS) is 27.0. The van der Waals surface area contributed by atoms with Crippen molar-refractivity contribution in [3.63, 3.8) is 0 Å². The first-order valence-electron chi connectivity index (χ1n) is 8.59. The van der Waals surface area contributed by atoms with Crippen LogP contribution in [0.15, 0.2) is 30.3 Å². The van der Waals surface area contributed by atoms with Crippen LogP contribution in [0.25, 0.3) is 0 Å². The fourth-order valence-electron chi connectivity index (χ4n) is 3.52. The van der Waals surface area contributed by atoms with E-state index >= 15 is 0 Å². The molecule has 1 saturated carbocycles. The Hall–Kier alpha value is -1.88. The first kappa shape index (κ1) is 16.0. The molecular weight excluding hydrogens is 290 g/mol. The third-order valence-corrected chi connectivity index (χ3v) is 4.79. The van der Waals surface area contributed by atoms with Gasteiger partial charge in [-0.2, -0.15) is 0 Å². The molecule has 0 spiro atoms. The van der Waals surface area contributed by atoms with Gasteiger partial charge in [-0.1, -0.05) is 43.2 Å². The van der Waals surface area contributed by atoms with Crippen LogP contribution in [0, 0.1) is 0 Å². The maximum absolute atomic E-state index is 12.1. The van der Waals surface area contributed by atoms with Gasteiger partial charge in [-0.3, -0.25) is 9.59 Å². The van der Waals surface area contributed by atoms with Gasteiger partial charge >= 0.3 is 0 Å². The molecule has 1 aliphatic carbocycles. The Morgan fingerprint density at radius 2 is 1.87 bits per heavy atom. The van der Waals surface area contributed by atoms with E-state index in [0.29, 0.717) is 12.6 Å². The van der Waals surface area contributed by atoms with Crippen molar-refractivity contribution in [3.8, 4) is 0 Å². The lowest BCUT2D eigenvalue weighted by atomic mass is 9.87. The zero-order valence-electron chi connectivity index (χ0n) is 13.4. The summed E-state index contributed by atoms with van der Waals surface area (Å²) in [4.78, 5) is 24.2. The van der Waals surface area contributed by atoms with Crippen LogP contribution in [0.5, 0.6) is 0 Å². The maximum atomic E-state index is 12.1. The minimum absolute atomic E-state index is 0.0358. The number of nitrogens with one attached hydrogen (secondary N) is 3. The molecule has 0 bridgehead atoms. The van der Waals surface area contributed by atoms with Crippen molar-refractivity contribution in [2.75, 3.05) is 6.54 Å². The van der Waals surface area contributed by atoms with Crippen molar-refractivity contribution >= 4 is 11.8 Å². The number of hydrogen-bond acceptors (Lipinski definition) is 3. The minimum Gasteiger partial charge on any atom is -0.356 e. The Morgan fingerprint density at radius 1 is 1.13 bits per heavy atom. The molecule has 3 rings (SSSR count). The van der Waals surface area contributed by atoms with Crippen molar-refractivity contribution < 1.29 is 9.59 Å². The molecule has 5 nitrogen and oxygen atoms in total. The number of benzene rings is 1. The summed E-state index contributed by atoms with van der Waals surface area (Å²) in [5.74, 6) is -0.103. The van der Waals surface area contributed by atoms with Gasteiger partial charge in [0.15, 0.2) is 0 Å². The smallest absolute Gasteiger partial charge is 0.237 e. The van der Waals surface area contributed by atoms with Crippen molar-refractivity contribution in [1.82, 2.24) is 16.0 Å². The summed E-state index contributed by atoms with van der Waals surface area (Å²) in [6, 6.07) is 10.2. The molecule has 1 aromatic rings. The molecule has 2 fully saturated rings. The molecular formula is C18H25N3O2. The largest absolute Gasteiger partial charge is 0.356 e. The van der Waals surface area contributed by atoms with Gasteiger partial charge in [0.05, 0.1) is 12.5 Å². The van der Waals surface area contributed by atoms with Crippen molar-refractivity contribution in [2.24, 2.45) is 0 Å². The van der Waals surface area contributed by atoms with Gasteiger partial charge in [-0.25, -0.2) is 0 Å². The summed E-state index contributed by atoms with van der Waals surface area (Å²) in [6.07, 6.45) is 5.51. The molecule has 5 heteroatoms. The molecule has 1 heterocycles. The second-order valence-corrected chi connectivity index (χ2v) is 6.51.